The number of carbonyl (C=O) groups excluding carboxylic acids is 1. The van der Waals surface area contributed by atoms with E-state index < -0.39 is 0 Å². The van der Waals surface area contributed by atoms with Gasteiger partial charge in [-0.1, -0.05) is 0 Å². The number of hydrogen-bond donors (Lipinski definition) is 2. The maximum atomic E-state index is 12.0. The van der Waals surface area contributed by atoms with E-state index in [4.69, 9.17) is 0 Å². The van der Waals surface area contributed by atoms with E-state index >= 15 is 0 Å². The minimum Gasteiger partial charge on any atom is -0.396 e. The number of benzene rings is 1. The number of aromatic nitrogens is 3. The normalized spacial score (nSPS) is 15.8. The van der Waals surface area contributed by atoms with Crippen LogP contribution in [0.25, 0.3) is 5.69 Å². The molecule has 1 aromatic carbocycles. The van der Waals surface area contributed by atoms with Gasteiger partial charge in [0.05, 0.1) is 6.61 Å². The molecule has 1 amide bonds. The Labute approximate surface area is 116 Å². The zero-order valence-corrected chi connectivity index (χ0v) is 11.0. The first kappa shape index (κ1) is 12.8. The highest BCUT2D eigenvalue weighted by atomic mass is 16.3. The average Bonchev–Trinajstić information content (AvgIpc) is 3.07. The molecular weight excluding hydrogens is 256 g/mol. The van der Waals surface area contributed by atoms with Gasteiger partial charge < -0.3 is 10.4 Å². The van der Waals surface area contributed by atoms with Crippen molar-refractivity contribution >= 4 is 5.91 Å². The predicted molar refractivity (Wildman–Crippen MR) is 72.4 cm³/mol. The Balaban J connectivity index is 1.64. The molecule has 20 heavy (non-hydrogen) atoms. The van der Waals surface area contributed by atoms with E-state index in [0.717, 1.165) is 18.5 Å². The molecule has 1 aliphatic rings. The SMILES string of the molecule is O=C(NCC1(CO)CC1)c1ccc(-n2cnnc2)cc1. The molecular formula is C14H16N4O2. The van der Waals surface area contributed by atoms with Crippen LogP contribution in [0.2, 0.25) is 0 Å². The van der Waals surface area contributed by atoms with Crippen molar-refractivity contribution in [2.45, 2.75) is 12.8 Å². The molecule has 1 aromatic heterocycles. The Morgan fingerprint density at radius 2 is 1.90 bits per heavy atom. The second kappa shape index (κ2) is 5.05. The van der Waals surface area contributed by atoms with Crippen LogP contribution in [-0.4, -0.2) is 38.9 Å². The molecule has 1 saturated carbocycles. The maximum Gasteiger partial charge on any atom is 0.251 e. The molecule has 0 bridgehead atoms. The van der Waals surface area contributed by atoms with Gasteiger partial charge in [-0.3, -0.25) is 9.36 Å². The van der Waals surface area contributed by atoms with Gasteiger partial charge in [0, 0.05) is 23.2 Å². The number of carbonyl (C=O) groups is 1. The fourth-order valence-electron chi connectivity index (χ4n) is 2.06. The fourth-order valence-corrected chi connectivity index (χ4v) is 2.06. The van der Waals surface area contributed by atoms with Crippen molar-refractivity contribution in [3.05, 3.63) is 42.5 Å². The monoisotopic (exact) mass is 272 g/mol. The Morgan fingerprint density at radius 3 is 2.45 bits per heavy atom. The Kier molecular flexibility index (Phi) is 3.23. The van der Waals surface area contributed by atoms with Gasteiger partial charge in [-0.2, -0.15) is 0 Å². The summed E-state index contributed by atoms with van der Waals surface area (Å²) in [6.07, 6.45) is 5.17. The summed E-state index contributed by atoms with van der Waals surface area (Å²) in [4.78, 5) is 12.0. The van der Waals surface area contributed by atoms with Crippen LogP contribution in [0.4, 0.5) is 0 Å². The predicted octanol–water partition coefficient (Wildman–Crippen LogP) is 0.770. The van der Waals surface area contributed by atoms with Crippen LogP contribution in [0.1, 0.15) is 23.2 Å². The van der Waals surface area contributed by atoms with E-state index in [0.29, 0.717) is 12.1 Å². The number of aliphatic hydroxyl groups excluding tert-OH is 1. The van der Waals surface area contributed by atoms with Gasteiger partial charge in [-0.25, -0.2) is 0 Å². The van der Waals surface area contributed by atoms with E-state index in [2.05, 4.69) is 15.5 Å². The van der Waals surface area contributed by atoms with Crippen molar-refractivity contribution in [3.63, 3.8) is 0 Å². The Bertz CT molecular complexity index is 588. The highest BCUT2D eigenvalue weighted by Gasteiger charge is 2.42. The number of amides is 1. The molecule has 1 aliphatic carbocycles. The van der Waals surface area contributed by atoms with Crippen molar-refractivity contribution in [1.29, 1.82) is 0 Å². The zero-order chi connectivity index (χ0) is 14.0. The third-order valence-corrected chi connectivity index (χ3v) is 3.76. The van der Waals surface area contributed by atoms with Gasteiger partial charge in [0.15, 0.2) is 0 Å². The van der Waals surface area contributed by atoms with E-state index in [9.17, 15) is 9.90 Å². The first-order valence-electron chi connectivity index (χ1n) is 6.57. The first-order chi connectivity index (χ1) is 9.72. The molecule has 3 rings (SSSR count). The molecule has 2 N–H and O–H groups in total. The second-order valence-corrected chi connectivity index (χ2v) is 5.26. The standard InChI is InChI=1S/C14H16N4O2/c19-8-14(5-6-14)7-15-13(20)11-1-3-12(4-2-11)18-9-16-17-10-18/h1-4,9-10,19H,5-8H2,(H,15,20). The van der Waals surface area contributed by atoms with Crippen molar-refractivity contribution in [3.8, 4) is 5.69 Å². The summed E-state index contributed by atoms with van der Waals surface area (Å²) in [5, 5.41) is 19.6. The third-order valence-electron chi connectivity index (χ3n) is 3.76. The van der Waals surface area contributed by atoms with Crippen molar-refractivity contribution in [2.24, 2.45) is 5.41 Å². The molecule has 0 saturated heterocycles. The highest BCUT2D eigenvalue weighted by Crippen LogP contribution is 2.44. The lowest BCUT2D eigenvalue weighted by molar-refractivity contribution is 0.0935. The van der Waals surface area contributed by atoms with Gasteiger partial charge in [0.2, 0.25) is 0 Å². The molecule has 0 unspecified atom stereocenters. The molecule has 6 nitrogen and oxygen atoms in total. The molecule has 0 radical (unpaired) electrons. The Morgan fingerprint density at radius 1 is 1.25 bits per heavy atom. The summed E-state index contributed by atoms with van der Waals surface area (Å²) in [6.45, 7) is 0.676. The smallest absolute Gasteiger partial charge is 0.251 e. The van der Waals surface area contributed by atoms with Crippen LogP contribution in [0.3, 0.4) is 0 Å². The topological polar surface area (TPSA) is 80.0 Å². The summed E-state index contributed by atoms with van der Waals surface area (Å²) in [5.74, 6) is -0.111. The molecule has 104 valence electrons. The van der Waals surface area contributed by atoms with Crippen LogP contribution in [0, 0.1) is 5.41 Å². The summed E-state index contributed by atoms with van der Waals surface area (Å²) in [7, 11) is 0. The molecule has 0 atom stereocenters. The lowest BCUT2D eigenvalue weighted by atomic mass is 10.1. The number of nitrogens with zero attached hydrogens (tertiary/aromatic N) is 3. The highest BCUT2D eigenvalue weighted by molar-refractivity contribution is 5.94. The van der Waals surface area contributed by atoms with Crippen molar-refractivity contribution in [1.82, 2.24) is 20.1 Å². The van der Waals surface area contributed by atoms with Crippen LogP contribution in [0.5, 0.6) is 0 Å². The molecule has 0 aliphatic heterocycles. The third kappa shape index (κ3) is 2.55. The van der Waals surface area contributed by atoms with E-state index in [1.165, 1.54) is 0 Å². The van der Waals surface area contributed by atoms with E-state index in [1.54, 1.807) is 29.4 Å². The summed E-state index contributed by atoms with van der Waals surface area (Å²) in [5.41, 5.74) is 1.44. The summed E-state index contributed by atoms with van der Waals surface area (Å²) < 4.78 is 1.77. The van der Waals surface area contributed by atoms with E-state index in [1.807, 2.05) is 12.1 Å². The first-order valence-corrected chi connectivity index (χ1v) is 6.57. The van der Waals surface area contributed by atoms with Crippen LogP contribution in [0.15, 0.2) is 36.9 Å². The van der Waals surface area contributed by atoms with Crippen LogP contribution in [-0.2, 0) is 0 Å². The maximum absolute atomic E-state index is 12.0. The van der Waals surface area contributed by atoms with Gasteiger partial charge in [-0.15, -0.1) is 10.2 Å². The lowest BCUT2D eigenvalue weighted by Gasteiger charge is -2.12. The molecule has 2 aromatic rings. The number of rotatable bonds is 5. The van der Waals surface area contributed by atoms with Crippen molar-refractivity contribution in [2.75, 3.05) is 13.2 Å². The average molecular weight is 272 g/mol. The number of hydrogen-bond acceptors (Lipinski definition) is 4. The van der Waals surface area contributed by atoms with Gasteiger partial charge in [-0.05, 0) is 37.1 Å². The zero-order valence-electron chi connectivity index (χ0n) is 11.0. The summed E-state index contributed by atoms with van der Waals surface area (Å²) in [6, 6.07) is 7.22. The molecule has 0 spiro atoms. The largest absolute Gasteiger partial charge is 0.396 e. The van der Waals surface area contributed by atoms with E-state index in [-0.39, 0.29) is 17.9 Å². The fraction of sp³-hybridized carbons (Fsp3) is 0.357. The van der Waals surface area contributed by atoms with Gasteiger partial charge >= 0.3 is 0 Å². The minimum absolute atomic E-state index is 0.0713. The summed E-state index contributed by atoms with van der Waals surface area (Å²) >= 11 is 0. The van der Waals surface area contributed by atoms with Crippen LogP contribution >= 0.6 is 0 Å². The van der Waals surface area contributed by atoms with Gasteiger partial charge in [0.25, 0.3) is 5.91 Å². The minimum atomic E-state index is -0.111. The number of nitrogens with one attached hydrogen (secondary N) is 1. The molecule has 1 heterocycles. The second-order valence-electron chi connectivity index (χ2n) is 5.26. The van der Waals surface area contributed by atoms with Crippen molar-refractivity contribution < 1.29 is 9.90 Å². The quantitative estimate of drug-likeness (QED) is 0.842. The Hall–Kier alpha value is -2.21. The molecule has 1 fully saturated rings. The molecule has 6 heteroatoms. The number of aliphatic hydroxyl groups is 1. The lowest BCUT2D eigenvalue weighted by Crippen LogP contribution is -2.31. The van der Waals surface area contributed by atoms with Gasteiger partial charge in [0.1, 0.15) is 12.7 Å². The van der Waals surface area contributed by atoms with Crippen LogP contribution < -0.4 is 5.32 Å².